The monoisotopic (exact) mass is 267 g/mol. The highest BCUT2D eigenvalue weighted by atomic mass is 16.6. The second-order valence-electron chi connectivity index (χ2n) is 4.09. The lowest BCUT2D eigenvalue weighted by Crippen LogP contribution is -2.41. The molecule has 0 saturated carbocycles. The Morgan fingerprint density at radius 2 is 2.11 bits per heavy atom. The Kier molecular flexibility index (Phi) is 3.96. The number of non-ortho nitro benzene ring substituents is 1. The summed E-state index contributed by atoms with van der Waals surface area (Å²) < 4.78 is 15.7. The summed E-state index contributed by atoms with van der Waals surface area (Å²) in [7, 11) is 0. The van der Waals surface area contributed by atoms with Crippen LogP contribution in [0.3, 0.4) is 0 Å². The van der Waals surface area contributed by atoms with Crippen LogP contribution >= 0.6 is 0 Å². The van der Waals surface area contributed by atoms with Crippen molar-refractivity contribution in [2.75, 3.05) is 13.2 Å². The van der Waals surface area contributed by atoms with E-state index in [2.05, 4.69) is 0 Å². The molecule has 2 rings (SSSR count). The smallest absolute Gasteiger partial charge is 0.335 e. The summed E-state index contributed by atoms with van der Waals surface area (Å²) in [5, 5.41) is 10.5. The third-order valence-electron chi connectivity index (χ3n) is 2.62. The van der Waals surface area contributed by atoms with Gasteiger partial charge in [0, 0.05) is 12.1 Å². The quantitative estimate of drug-likeness (QED) is 0.464. The van der Waals surface area contributed by atoms with Crippen LogP contribution in [0.2, 0.25) is 0 Å². The first-order chi connectivity index (χ1) is 9.06. The molecule has 0 amide bonds. The van der Waals surface area contributed by atoms with Crippen molar-refractivity contribution in [1.82, 2.24) is 0 Å². The summed E-state index contributed by atoms with van der Waals surface area (Å²) in [6.07, 6.45) is -0.929. The lowest BCUT2D eigenvalue weighted by atomic mass is 10.3. The van der Waals surface area contributed by atoms with Crippen LogP contribution in [0.5, 0.6) is 5.75 Å². The van der Waals surface area contributed by atoms with Gasteiger partial charge in [-0.2, -0.15) is 0 Å². The first-order valence-electron chi connectivity index (χ1n) is 5.75. The maximum atomic E-state index is 11.1. The number of carbonyl (C=O) groups is 1. The van der Waals surface area contributed by atoms with Gasteiger partial charge in [-0.25, -0.2) is 4.79 Å². The fourth-order valence-corrected chi connectivity index (χ4v) is 1.62. The summed E-state index contributed by atoms with van der Waals surface area (Å²) >= 11 is 0. The third kappa shape index (κ3) is 3.41. The van der Waals surface area contributed by atoms with E-state index in [-0.39, 0.29) is 31.0 Å². The molecule has 0 N–H and O–H groups in total. The Bertz CT molecular complexity index is 472. The van der Waals surface area contributed by atoms with Crippen molar-refractivity contribution in [1.29, 1.82) is 0 Å². The van der Waals surface area contributed by atoms with Gasteiger partial charge in [0.05, 0.1) is 4.92 Å². The van der Waals surface area contributed by atoms with Crippen molar-refractivity contribution in [2.24, 2.45) is 0 Å². The number of nitro groups is 1. The summed E-state index contributed by atoms with van der Waals surface area (Å²) in [4.78, 5) is 21.1. The van der Waals surface area contributed by atoms with Crippen LogP contribution in [0.15, 0.2) is 24.3 Å². The summed E-state index contributed by atoms with van der Waals surface area (Å²) in [6, 6.07) is 5.74. The van der Waals surface area contributed by atoms with E-state index >= 15 is 0 Å². The van der Waals surface area contributed by atoms with Gasteiger partial charge in [0.25, 0.3) is 5.69 Å². The molecule has 7 nitrogen and oxygen atoms in total. The summed E-state index contributed by atoms with van der Waals surface area (Å²) in [6.45, 7) is 1.98. The lowest BCUT2D eigenvalue weighted by Gasteiger charge is -2.26. The second kappa shape index (κ2) is 5.66. The van der Waals surface area contributed by atoms with Crippen molar-refractivity contribution >= 4 is 11.7 Å². The zero-order valence-electron chi connectivity index (χ0n) is 10.3. The van der Waals surface area contributed by atoms with Crippen molar-refractivity contribution < 1.29 is 23.9 Å². The Labute approximate surface area is 109 Å². The van der Waals surface area contributed by atoms with Crippen molar-refractivity contribution in [3.63, 3.8) is 0 Å². The van der Waals surface area contributed by atoms with Gasteiger partial charge in [0.15, 0.2) is 6.10 Å². The van der Waals surface area contributed by atoms with E-state index < -0.39 is 11.0 Å². The molecule has 0 radical (unpaired) electrons. The summed E-state index contributed by atoms with van der Waals surface area (Å²) in [5.41, 5.74) is 0.00354. The zero-order valence-corrected chi connectivity index (χ0v) is 10.3. The molecule has 0 aliphatic carbocycles. The van der Waals surface area contributed by atoms with Gasteiger partial charge in [-0.3, -0.25) is 10.1 Å². The molecule has 0 spiro atoms. The van der Waals surface area contributed by atoms with Crippen molar-refractivity contribution in [2.45, 2.75) is 19.1 Å². The molecule has 0 unspecified atom stereocenters. The average Bonchev–Trinajstić information content (AvgIpc) is 2.40. The fraction of sp³-hybridized carbons (Fsp3) is 0.417. The number of nitrogens with zero attached hydrogens (tertiary/aromatic N) is 1. The molecule has 7 heteroatoms. The van der Waals surface area contributed by atoms with Gasteiger partial charge < -0.3 is 14.2 Å². The molecule has 1 saturated heterocycles. The SMILES string of the molecule is C[C@@H]1O[C@@H](COc2ccc([N+](=O)[O-])cc2)COC1=O. The molecular weight excluding hydrogens is 254 g/mol. The predicted octanol–water partition coefficient (Wildman–Crippen LogP) is 1.30. The molecule has 2 atom stereocenters. The number of hydrogen-bond acceptors (Lipinski definition) is 6. The number of hydrogen-bond donors (Lipinski definition) is 0. The van der Waals surface area contributed by atoms with Crippen LogP contribution in [0.4, 0.5) is 5.69 Å². The van der Waals surface area contributed by atoms with E-state index in [0.717, 1.165) is 0 Å². The van der Waals surface area contributed by atoms with Crippen LogP contribution in [0.1, 0.15) is 6.92 Å². The van der Waals surface area contributed by atoms with Gasteiger partial charge in [-0.15, -0.1) is 0 Å². The van der Waals surface area contributed by atoms with Crippen molar-refractivity contribution in [3.8, 4) is 5.75 Å². The number of rotatable bonds is 4. The van der Waals surface area contributed by atoms with Crippen LogP contribution in [0.25, 0.3) is 0 Å². The second-order valence-corrected chi connectivity index (χ2v) is 4.09. The first kappa shape index (κ1) is 13.3. The van der Waals surface area contributed by atoms with E-state index in [4.69, 9.17) is 14.2 Å². The molecule has 0 bridgehead atoms. The zero-order chi connectivity index (χ0) is 13.8. The molecule has 1 fully saturated rings. The molecule has 1 aromatic rings. The number of nitro benzene ring substituents is 1. The highest BCUT2D eigenvalue weighted by Crippen LogP contribution is 2.18. The number of esters is 1. The summed E-state index contributed by atoms with van der Waals surface area (Å²) in [5.74, 6) is 0.116. The minimum atomic E-state index is -0.598. The molecule has 1 aliphatic heterocycles. The number of cyclic esters (lactones) is 1. The number of benzene rings is 1. The minimum absolute atomic E-state index is 0.00354. The van der Waals surface area contributed by atoms with Crippen LogP contribution in [-0.2, 0) is 14.3 Å². The topological polar surface area (TPSA) is 87.9 Å². The largest absolute Gasteiger partial charge is 0.491 e. The average molecular weight is 267 g/mol. The standard InChI is InChI=1S/C12H13NO6/c1-8-12(14)18-7-11(19-8)6-17-10-4-2-9(3-5-10)13(15)16/h2-5,8,11H,6-7H2,1H3/t8-,11-/m0/s1. The molecular formula is C12H13NO6. The van der Waals surface area contributed by atoms with Crippen LogP contribution < -0.4 is 4.74 Å². The van der Waals surface area contributed by atoms with E-state index in [9.17, 15) is 14.9 Å². The predicted molar refractivity (Wildman–Crippen MR) is 63.9 cm³/mol. The minimum Gasteiger partial charge on any atom is -0.491 e. The van der Waals surface area contributed by atoms with E-state index in [1.54, 1.807) is 6.92 Å². The Balaban J connectivity index is 1.85. The molecule has 1 aromatic carbocycles. The number of ether oxygens (including phenoxy) is 3. The molecule has 0 aromatic heterocycles. The maximum Gasteiger partial charge on any atom is 0.335 e. The fourth-order valence-electron chi connectivity index (χ4n) is 1.62. The lowest BCUT2D eigenvalue weighted by molar-refractivity contribution is -0.384. The van der Waals surface area contributed by atoms with Gasteiger partial charge in [0.1, 0.15) is 25.1 Å². The molecule has 1 heterocycles. The Morgan fingerprint density at radius 3 is 2.68 bits per heavy atom. The molecule has 19 heavy (non-hydrogen) atoms. The van der Waals surface area contributed by atoms with E-state index in [1.807, 2.05) is 0 Å². The Hall–Kier alpha value is -2.15. The van der Waals surface area contributed by atoms with E-state index in [1.165, 1.54) is 24.3 Å². The van der Waals surface area contributed by atoms with Gasteiger partial charge in [0.2, 0.25) is 0 Å². The van der Waals surface area contributed by atoms with Crippen LogP contribution in [-0.4, -0.2) is 36.3 Å². The normalized spacial score (nSPS) is 22.7. The van der Waals surface area contributed by atoms with Crippen LogP contribution in [0, 0.1) is 10.1 Å². The molecule has 102 valence electrons. The van der Waals surface area contributed by atoms with Gasteiger partial charge in [-0.05, 0) is 19.1 Å². The Morgan fingerprint density at radius 1 is 1.42 bits per heavy atom. The third-order valence-corrected chi connectivity index (χ3v) is 2.62. The highest BCUT2D eigenvalue weighted by Gasteiger charge is 2.27. The number of carbonyl (C=O) groups excluding carboxylic acids is 1. The van der Waals surface area contributed by atoms with Gasteiger partial charge in [-0.1, -0.05) is 0 Å². The van der Waals surface area contributed by atoms with E-state index in [0.29, 0.717) is 5.75 Å². The molecule has 1 aliphatic rings. The van der Waals surface area contributed by atoms with Crippen molar-refractivity contribution in [3.05, 3.63) is 34.4 Å². The first-order valence-corrected chi connectivity index (χ1v) is 5.75. The highest BCUT2D eigenvalue weighted by molar-refractivity contribution is 5.74. The van der Waals surface area contributed by atoms with Gasteiger partial charge >= 0.3 is 5.97 Å². The maximum absolute atomic E-state index is 11.1.